The molecule has 0 aliphatic carbocycles. The van der Waals surface area contributed by atoms with Crippen LogP contribution in [-0.4, -0.2) is 24.3 Å². The Balaban J connectivity index is 1.64. The van der Waals surface area contributed by atoms with Crippen LogP contribution in [0.5, 0.6) is 0 Å². The van der Waals surface area contributed by atoms with E-state index in [2.05, 4.69) is 5.16 Å². The highest BCUT2D eigenvalue weighted by atomic mass is 19.1. The molecule has 1 aliphatic heterocycles. The van der Waals surface area contributed by atoms with Crippen molar-refractivity contribution in [2.75, 3.05) is 11.4 Å². The van der Waals surface area contributed by atoms with E-state index in [4.69, 9.17) is 10.6 Å². The second-order valence-corrected chi connectivity index (χ2v) is 6.47. The lowest BCUT2D eigenvalue weighted by molar-refractivity contribution is -0.118. The number of hydrogen-bond donors (Lipinski definition) is 1. The molecule has 2 aromatic rings. The minimum Gasteiger partial charge on any atom is -0.384 e. The van der Waals surface area contributed by atoms with E-state index < -0.39 is 11.8 Å². The van der Waals surface area contributed by atoms with Gasteiger partial charge in [-0.2, -0.15) is 0 Å². The Morgan fingerprint density at radius 3 is 2.32 bits per heavy atom. The van der Waals surface area contributed by atoms with Crippen LogP contribution in [0.2, 0.25) is 0 Å². The molecule has 1 atom stereocenters. The Labute approximate surface area is 160 Å². The van der Waals surface area contributed by atoms with Crippen LogP contribution < -0.4 is 10.6 Å². The van der Waals surface area contributed by atoms with E-state index in [0.29, 0.717) is 25.1 Å². The zero-order valence-electron chi connectivity index (χ0n) is 15.0. The van der Waals surface area contributed by atoms with Crippen molar-refractivity contribution in [3.63, 3.8) is 0 Å². The summed E-state index contributed by atoms with van der Waals surface area (Å²) < 4.78 is 26.0. The summed E-state index contributed by atoms with van der Waals surface area (Å²) in [6.07, 6.45) is 1.35. The van der Waals surface area contributed by atoms with Crippen LogP contribution in [0.3, 0.4) is 0 Å². The van der Waals surface area contributed by atoms with E-state index in [-0.39, 0.29) is 35.5 Å². The monoisotopic (exact) mass is 387 g/mol. The molecule has 2 N–H and O–H groups in total. The van der Waals surface area contributed by atoms with Crippen molar-refractivity contribution < 1.29 is 23.2 Å². The van der Waals surface area contributed by atoms with E-state index >= 15 is 0 Å². The molecule has 1 amide bonds. The highest BCUT2D eigenvalue weighted by Crippen LogP contribution is 2.24. The summed E-state index contributed by atoms with van der Waals surface area (Å²) in [4.78, 5) is 30.9. The van der Waals surface area contributed by atoms with E-state index in [1.807, 2.05) is 0 Å². The van der Waals surface area contributed by atoms with E-state index in [0.717, 1.165) is 12.1 Å². The molecule has 2 aromatic carbocycles. The molecule has 1 aliphatic rings. The first kappa shape index (κ1) is 19.5. The third-order valence-electron chi connectivity index (χ3n) is 4.53. The number of hydrogen-bond acceptors (Lipinski definition) is 4. The molecular formula is C20H19F2N3O3. The summed E-state index contributed by atoms with van der Waals surface area (Å²) in [7, 11) is 0. The van der Waals surface area contributed by atoms with Gasteiger partial charge in [-0.25, -0.2) is 13.6 Å². The summed E-state index contributed by atoms with van der Waals surface area (Å²) in [5, 5.41) is 3.66. The highest BCUT2D eigenvalue weighted by molar-refractivity contribution is 5.97. The molecule has 1 unspecified atom stereocenters. The number of oxime groups is 1. The Kier molecular flexibility index (Phi) is 5.98. The third-order valence-corrected chi connectivity index (χ3v) is 4.53. The van der Waals surface area contributed by atoms with Crippen molar-refractivity contribution >= 4 is 23.4 Å². The maximum atomic E-state index is 13.1. The van der Waals surface area contributed by atoms with Gasteiger partial charge in [-0.3, -0.25) is 4.79 Å². The number of amidine groups is 1. The number of carbonyl (C=O) groups excluding carboxylic acids is 2. The first-order valence-electron chi connectivity index (χ1n) is 8.80. The fourth-order valence-electron chi connectivity index (χ4n) is 3.00. The van der Waals surface area contributed by atoms with Crippen molar-refractivity contribution in [2.24, 2.45) is 16.8 Å². The van der Waals surface area contributed by atoms with Gasteiger partial charge in [0.25, 0.3) is 0 Å². The minimum atomic E-state index is -0.768. The van der Waals surface area contributed by atoms with Gasteiger partial charge < -0.3 is 15.5 Å². The SMILES string of the molecule is N/C(=N\OC(=O)c1ccc(F)cc1)C1CCCN(c2ccc(F)cc2)C(=O)C1. The molecule has 6 nitrogen and oxygen atoms in total. The van der Waals surface area contributed by atoms with Crippen LogP contribution in [0.15, 0.2) is 53.7 Å². The van der Waals surface area contributed by atoms with Crippen molar-refractivity contribution in [2.45, 2.75) is 19.3 Å². The van der Waals surface area contributed by atoms with Gasteiger partial charge in [0, 0.05) is 24.6 Å². The molecule has 8 heteroatoms. The van der Waals surface area contributed by atoms with E-state index in [9.17, 15) is 18.4 Å². The minimum absolute atomic E-state index is 0.0461. The predicted octanol–water partition coefficient (Wildman–Crippen LogP) is 3.23. The number of carbonyl (C=O) groups is 2. The molecule has 0 bridgehead atoms. The molecule has 1 heterocycles. The largest absolute Gasteiger partial charge is 0.384 e. The second kappa shape index (κ2) is 8.60. The van der Waals surface area contributed by atoms with Crippen LogP contribution in [0.25, 0.3) is 0 Å². The van der Waals surface area contributed by atoms with Crippen molar-refractivity contribution in [1.29, 1.82) is 0 Å². The zero-order valence-corrected chi connectivity index (χ0v) is 15.0. The first-order valence-corrected chi connectivity index (χ1v) is 8.80. The number of rotatable bonds is 4. The summed E-state index contributed by atoms with van der Waals surface area (Å²) in [6.45, 7) is 0.476. The van der Waals surface area contributed by atoms with Crippen molar-refractivity contribution in [3.8, 4) is 0 Å². The molecule has 28 heavy (non-hydrogen) atoms. The third kappa shape index (κ3) is 4.70. The standard InChI is InChI=1S/C20H19F2N3O3/c21-15-5-3-13(4-6-15)20(27)28-24-19(23)14-2-1-11-25(18(26)12-14)17-9-7-16(22)8-10-17/h3-10,14H,1-2,11-12H2,(H2,23,24). The van der Waals surface area contributed by atoms with Crippen LogP contribution in [0.4, 0.5) is 14.5 Å². The number of nitrogens with zero attached hydrogens (tertiary/aromatic N) is 2. The van der Waals surface area contributed by atoms with Gasteiger partial charge in [-0.15, -0.1) is 0 Å². The summed E-state index contributed by atoms with van der Waals surface area (Å²) >= 11 is 0. The Bertz CT molecular complexity index is 883. The number of nitrogens with two attached hydrogens (primary N) is 1. The maximum absolute atomic E-state index is 13.1. The lowest BCUT2D eigenvalue weighted by Crippen LogP contribution is -2.32. The lowest BCUT2D eigenvalue weighted by Gasteiger charge is -2.20. The van der Waals surface area contributed by atoms with Crippen LogP contribution in [0, 0.1) is 17.6 Å². The van der Waals surface area contributed by atoms with Gasteiger partial charge >= 0.3 is 5.97 Å². The van der Waals surface area contributed by atoms with Crippen molar-refractivity contribution in [1.82, 2.24) is 0 Å². The van der Waals surface area contributed by atoms with Crippen LogP contribution in [0.1, 0.15) is 29.6 Å². The smallest absolute Gasteiger partial charge is 0.365 e. The Morgan fingerprint density at radius 2 is 1.68 bits per heavy atom. The molecule has 0 saturated carbocycles. The molecule has 1 saturated heterocycles. The number of amides is 1. The van der Waals surface area contributed by atoms with E-state index in [1.54, 1.807) is 17.0 Å². The van der Waals surface area contributed by atoms with Gasteiger partial charge in [0.2, 0.25) is 5.91 Å². The van der Waals surface area contributed by atoms with Crippen LogP contribution in [-0.2, 0) is 9.63 Å². The predicted molar refractivity (Wildman–Crippen MR) is 99.5 cm³/mol. The van der Waals surface area contributed by atoms with Gasteiger partial charge in [-0.1, -0.05) is 5.16 Å². The average Bonchev–Trinajstić information content (AvgIpc) is 2.89. The topological polar surface area (TPSA) is 85.0 Å². The Morgan fingerprint density at radius 1 is 1.07 bits per heavy atom. The molecule has 3 rings (SSSR count). The maximum Gasteiger partial charge on any atom is 0.365 e. The quantitative estimate of drug-likeness (QED) is 0.378. The summed E-state index contributed by atoms with van der Waals surface area (Å²) in [5.41, 5.74) is 6.68. The molecule has 0 spiro atoms. The molecular weight excluding hydrogens is 368 g/mol. The average molecular weight is 387 g/mol. The molecule has 0 radical (unpaired) electrons. The number of benzene rings is 2. The lowest BCUT2D eigenvalue weighted by atomic mass is 9.99. The van der Waals surface area contributed by atoms with E-state index in [1.165, 1.54) is 24.3 Å². The van der Waals surface area contributed by atoms with Crippen molar-refractivity contribution in [3.05, 3.63) is 65.7 Å². The zero-order chi connectivity index (χ0) is 20.1. The van der Waals surface area contributed by atoms with Gasteiger partial charge in [0.1, 0.15) is 17.5 Å². The molecule has 1 fully saturated rings. The fraction of sp³-hybridized carbons (Fsp3) is 0.250. The van der Waals surface area contributed by atoms with Gasteiger partial charge in [-0.05, 0) is 61.4 Å². The molecule has 146 valence electrons. The fourth-order valence-corrected chi connectivity index (χ4v) is 3.00. The number of anilines is 1. The first-order chi connectivity index (χ1) is 13.4. The normalized spacial score (nSPS) is 17.9. The van der Waals surface area contributed by atoms with Gasteiger partial charge in [0.15, 0.2) is 0 Å². The highest BCUT2D eigenvalue weighted by Gasteiger charge is 2.27. The summed E-state index contributed by atoms with van der Waals surface area (Å²) in [5.74, 6) is -2.11. The second-order valence-electron chi connectivity index (χ2n) is 6.47. The van der Waals surface area contributed by atoms with Gasteiger partial charge in [0.05, 0.1) is 5.56 Å². The summed E-state index contributed by atoms with van der Waals surface area (Å²) in [6, 6.07) is 10.5. The number of halogens is 2. The van der Waals surface area contributed by atoms with Crippen LogP contribution >= 0.6 is 0 Å². The Hall–Kier alpha value is -3.29. The molecule has 0 aromatic heterocycles.